The number of hydrogen-bond donors (Lipinski definition) is 1. The Labute approximate surface area is 115 Å². The van der Waals surface area contributed by atoms with E-state index in [0.29, 0.717) is 19.5 Å². The molecule has 1 aromatic rings. The summed E-state index contributed by atoms with van der Waals surface area (Å²) in [5, 5.41) is 8.76. The van der Waals surface area contributed by atoms with Gasteiger partial charge >= 0.3 is 5.97 Å². The first-order chi connectivity index (χ1) is 9.49. The second-order valence-electron chi connectivity index (χ2n) is 4.63. The molecule has 0 unspecified atom stereocenters. The van der Waals surface area contributed by atoms with Crippen molar-refractivity contribution < 1.29 is 19.5 Å². The third-order valence-electron chi connectivity index (χ3n) is 3.19. The smallest absolute Gasteiger partial charge is 0.354 e. The van der Waals surface area contributed by atoms with Gasteiger partial charge in [-0.05, 0) is 18.6 Å². The Bertz CT molecular complexity index is 541. The summed E-state index contributed by atoms with van der Waals surface area (Å²) in [6.45, 7) is 1.16. The lowest BCUT2D eigenvalue weighted by Crippen LogP contribution is -2.38. The van der Waals surface area contributed by atoms with Gasteiger partial charge in [0.2, 0.25) is 5.91 Å². The Kier molecular flexibility index (Phi) is 3.97. The van der Waals surface area contributed by atoms with E-state index in [1.807, 2.05) is 0 Å². The van der Waals surface area contributed by atoms with Crippen LogP contribution in [0.2, 0.25) is 0 Å². The molecule has 1 aliphatic rings. The number of nitrogens with zero attached hydrogens (tertiary/aromatic N) is 3. The lowest BCUT2D eigenvalue weighted by Gasteiger charge is -2.19. The highest BCUT2D eigenvalue weighted by Gasteiger charge is 2.24. The topological polar surface area (TPSA) is 90.8 Å². The van der Waals surface area contributed by atoms with Crippen LogP contribution in [0.25, 0.3) is 0 Å². The lowest BCUT2D eigenvalue weighted by molar-refractivity contribution is -0.129. The Morgan fingerprint density at radius 3 is 2.65 bits per heavy atom. The molecule has 1 saturated heterocycles. The fraction of sp³-hybridized carbons (Fsp3) is 0.385. The molecule has 0 atom stereocenters. The van der Waals surface area contributed by atoms with Gasteiger partial charge in [-0.25, -0.2) is 9.78 Å². The van der Waals surface area contributed by atoms with E-state index in [9.17, 15) is 14.4 Å². The van der Waals surface area contributed by atoms with Gasteiger partial charge in [-0.3, -0.25) is 9.59 Å². The zero-order valence-corrected chi connectivity index (χ0v) is 11.1. The van der Waals surface area contributed by atoms with E-state index in [1.165, 1.54) is 23.2 Å². The van der Waals surface area contributed by atoms with Crippen molar-refractivity contribution in [2.45, 2.75) is 6.42 Å². The van der Waals surface area contributed by atoms with Crippen LogP contribution in [0.15, 0.2) is 18.3 Å². The van der Waals surface area contributed by atoms with Crippen LogP contribution in [0.4, 0.5) is 0 Å². The average Bonchev–Trinajstić information content (AvgIpc) is 2.60. The van der Waals surface area contributed by atoms with E-state index in [1.54, 1.807) is 11.9 Å². The number of likely N-dealkylation sites (N-methyl/N-ethyl adjacent to an activating group) is 1. The van der Waals surface area contributed by atoms with Crippen LogP contribution in [0, 0.1) is 0 Å². The zero-order valence-electron chi connectivity index (χ0n) is 11.1. The van der Waals surface area contributed by atoms with Crippen LogP contribution in [0.1, 0.15) is 27.3 Å². The van der Waals surface area contributed by atoms with E-state index >= 15 is 0 Å². The summed E-state index contributed by atoms with van der Waals surface area (Å²) >= 11 is 0. The van der Waals surface area contributed by atoms with Crippen molar-refractivity contribution in [2.24, 2.45) is 0 Å². The molecule has 0 saturated carbocycles. The summed E-state index contributed by atoms with van der Waals surface area (Å²) in [5.41, 5.74) is 0.167. The van der Waals surface area contributed by atoms with Gasteiger partial charge in [0, 0.05) is 26.3 Å². The summed E-state index contributed by atoms with van der Waals surface area (Å²) in [5.74, 6) is -1.56. The van der Waals surface area contributed by atoms with Crippen molar-refractivity contribution in [2.75, 3.05) is 26.7 Å². The van der Waals surface area contributed by atoms with Gasteiger partial charge in [0.25, 0.3) is 5.91 Å². The van der Waals surface area contributed by atoms with E-state index in [0.717, 1.165) is 0 Å². The number of carboxylic acids is 1. The molecule has 2 rings (SSSR count). The Hall–Kier alpha value is -2.44. The highest BCUT2D eigenvalue weighted by molar-refractivity contribution is 5.97. The van der Waals surface area contributed by atoms with Gasteiger partial charge in [0.15, 0.2) is 0 Å². The maximum atomic E-state index is 12.3. The molecule has 7 nitrogen and oxygen atoms in total. The molecule has 0 bridgehead atoms. The Morgan fingerprint density at radius 1 is 1.30 bits per heavy atom. The van der Waals surface area contributed by atoms with Crippen LogP contribution in [0.5, 0.6) is 0 Å². The van der Waals surface area contributed by atoms with Gasteiger partial charge < -0.3 is 14.9 Å². The first-order valence-electron chi connectivity index (χ1n) is 6.21. The van der Waals surface area contributed by atoms with Gasteiger partial charge in [-0.2, -0.15) is 0 Å². The molecule has 0 aliphatic carbocycles. The second kappa shape index (κ2) is 5.68. The minimum atomic E-state index is -1.14. The van der Waals surface area contributed by atoms with E-state index in [-0.39, 0.29) is 29.6 Å². The third-order valence-corrected chi connectivity index (χ3v) is 3.19. The molecule has 106 valence electrons. The number of hydrogen-bond acceptors (Lipinski definition) is 4. The molecule has 1 fully saturated rings. The number of carbonyl (C=O) groups is 3. The zero-order chi connectivity index (χ0) is 14.7. The minimum absolute atomic E-state index is 0.0377. The highest BCUT2D eigenvalue weighted by Crippen LogP contribution is 2.09. The quantitative estimate of drug-likeness (QED) is 0.827. The van der Waals surface area contributed by atoms with E-state index in [2.05, 4.69) is 4.98 Å². The largest absolute Gasteiger partial charge is 0.477 e. The first kappa shape index (κ1) is 14.0. The van der Waals surface area contributed by atoms with Crippen molar-refractivity contribution in [3.8, 4) is 0 Å². The second-order valence-corrected chi connectivity index (χ2v) is 4.63. The predicted octanol–water partition coefficient (Wildman–Crippen LogP) is 0.0841. The van der Waals surface area contributed by atoms with Crippen LogP contribution >= 0.6 is 0 Å². The van der Waals surface area contributed by atoms with Crippen LogP contribution in [-0.4, -0.2) is 64.4 Å². The number of aromatic carboxylic acids is 1. The van der Waals surface area contributed by atoms with Gasteiger partial charge in [-0.15, -0.1) is 0 Å². The molecule has 20 heavy (non-hydrogen) atoms. The van der Waals surface area contributed by atoms with E-state index in [4.69, 9.17) is 5.11 Å². The third kappa shape index (κ3) is 2.93. The summed E-state index contributed by atoms with van der Waals surface area (Å²) < 4.78 is 0. The molecule has 1 aromatic heterocycles. The maximum Gasteiger partial charge on any atom is 0.354 e. The van der Waals surface area contributed by atoms with Crippen LogP contribution < -0.4 is 0 Å². The highest BCUT2D eigenvalue weighted by atomic mass is 16.4. The Balaban J connectivity index is 2.14. The van der Waals surface area contributed by atoms with E-state index < -0.39 is 5.97 Å². The molecule has 2 heterocycles. The predicted molar refractivity (Wildman–Crippen MR) is 69.4 cm³/mol. The average molecular weight is 277 g/mol. The molecule has 0 aromatic carbocycles. The SMILES string of the molecule is CN1CCCN(C(=O)c2ccc(C(=O)O)nc2)CC1=O. The molecule has 1 N–H and O–H groups in total. The summed E-state index contributed by atoms with van der Waals surface area (Å²) in [6, 6.07) is 2.69. The molecular weight excluding hydrogens is 262 g/mol. The monoisotopic (exact) mass is 277 g/mol. The van der Waals surface area contributed by atoms with Crippen molar-refractivity contribution in [1.29, 1.82) is 0 Å². The fourth-order valence-corrected chi connectivity index (χ4v) is 1.99. The first-order valence-corrected chi connectivity index (χ1v) is 6.21. The number of carboxylic acid groups (broad SMARTS) is 1. The Morgan fingerprint density at radius 2 is 2.05 bits per heavy atom. The number of pyridine rings is 1. The molecule has 2 amide bonds. The maximum absolute atomic E-state index is 12.3. The molecule has 0 spiro atoms. The number of carbonyl (C=O) groups excluding carboxylic acids is 2. The van der Waals surface area contributed by atoms with Crippen LogP contribution in [0.3, 0.4) is 0 Å². The van der Waals surface area contributed by atoms with Crippen LogP contribution in [-0.2, 0) is 4.79 Å². The lowest BCUT2D eigenvalue weighted by atomic mass is 10.2. The van der Waals surface area contributed by atoms with Gasteiger partial charge in [-0.1, -0.05) is 0 Å². The molecule has 1 aliphatic heterocycles. The van der Waals surface area contributed by atoms with Crippen molar-refractivity contribution in [1.82, 2.24) is 14.8 Å². The summed E-state index contributed by atoms with van der Waals surface area (Å²) in [4.78, 5) is 41.5. The standard InChI is InChI=1S/C13H15N3O4/c1-15-5-2-6-16(8-11(15)17)12(18)9-3-4-10(13(19)20)14-7-9/h3-4,7H,2,5-6,8H2,1H3,(H,19,20). The van der Waals surface area contributed by atoms with Crippen molar-refractivity contribution in [3.05, 3.63) is 29.6 Å². The summed E-state index contributed by atoms with van der Waals surface area (Å²) in [7, 11) is 1.71. The molecule has 7 heteroatoms. The molecular formula is C13H15N3O4. The normalized spacial score (nSPS) is 15.9. The fourth-order valence-electron chi connectivity index (χ4n) is 1.99. The molecule has 0 radical (unpaired) electrons. The van der Waals surface area contributed by atoms with Crippen molar-refractivity contribution >= 4 is 17.8 Å². The minimum Gasteiger partial charge on any atom is -0.477 e. The summed E-state index contributed by atoms with van der Waals surface area (Å²) in [6.07, 6.45) is 1.94. The number of amides is 2. The van der Waals surface area contributed by atoms with Crippen molar-refractivity contribution in [3.63, 3.8) is 0 Å². The number of aromatic nitrogens is 1. The van der Waals surface area contributed by atoms with Gasteiger partial charge in [0.1, 0.15) is 12.2 Å². The van der Waals surface area contributed by atoms with Gasteiger partial charge in [0.05, 0.1) is 5.56 Å². The number of rotatable bonds is 2.